The van der Waals surface area contributed by atoms with Crippen LogP contribution in [0.2, 0.25) is 10.0 Å². The average Bonchev–Trinajstić information content (AvgIpc) is 2.55. The van der Waals surface area contributed by atoms with E-state index in [1.54, 1.807) is 24.3 Å². The smallest absolute Gasteiger partial charge is 0.262 e. The molecule has 126 valence electrons. The summed E-state index contributed by atoms with van der Waals surface area (Å²) in [6, 6.07) is 10.7. The molecule has 0 spiro atoms. The molecule has 2 aromatic rings. The number of hydrogen-bond donors (Lipinski definition) is 2. The van der Waals surface area contributed by atoms with E-state index < -0.39 is 0 Å². The second-order valence-electron chi connectivity index (χ2n) is 5.25. The van der Waals surface area contributed by atoms with Gasteiger partial charge in [0.15, 0.2) is 12.4 Å². The summed E-state index contributed by atoms with van der Waals surface area (Å²) in [5.74, 6) is 1.20. The molecule has 0 saturated carbocycles. The van der Waals surface area contributed by atoms with E-state index in [-0.39, 0.29) is 12.5 Å². The van der Waals surface area contributed by atoms with Gasteiger partial charge in [-0.25, -0.2) is 0 Å². The number of carbonyl (C=O) groups excluding carboxylic acids is 1. The highest BCUT2D eigenvalue weighted by atomic mass is 35.5. The number of anilines is 2. The van der Waals surface area contributed by atoms with Crippen LogP contribution in [0.3, 0.4) is 0 Å². The zero-order chi connectivity index (χ0) is 16.9. The number of amides is 1. The summed E-state index contributed by atoms with van der Waals surface area (Å²) in [7, 11) is 0. The lowest BCUT2D eigenvalue weighted by atomic mass is 10.2. The standard InChI is InChI=1S/C17H16Cl2N2O3/c18-11-2-4-13(5-3-11)23-7-1-6-20-14-8-12(19)9-15-17(14)24-10-16(22)21-15/h2-5,8-9,20H,1,6-7,10H2,(H,21,22). The third-order valence-electron chi connectivity index (χ3n) is 3.39. The summed E-state index contributed by atoms with van der Waals surface area (Å²) < 4.78 is 11.1. The van der Waals surface area contributed by atoms with E-state index >= 15 is 0 Å². The van der Waals surface area contributed by atoms with Crippen molar-refractivity contribution in [2.75, 3.05) is 30.4 Å². The molecule has 0 unspecified atom stereocenters. The monoisotopic (exact) mass is 366 g/mol. The Morgan fingerprint density at radius 1 is 1.17 bits per heavy atom. The van der Waals surface area contributed by atoms with Gasteiger partial charge in [0.25, 0.3) is 5.91 Å². The van der Waals surface area contributed by atoms with Crippen LogP contribution < -0.4 is 20.1 Å². The highest BCUT2D eigenvalue weighted by Gasteiger charge is 2.20. The molecule has 0 bridgehead atoms. The molecule has 1 heterocycles. The summed E-state index contributed by atoms with van der Waals surface area (Å²) in [5, 5.41) is 7.22. The van der Waals surface area contributed by atoms with Gasteiger partial charge in [0.1, 0.15) is 5.75 Å². The summed E-state index contributed by atoms with van der Waals surface area (Å²) in [4.78, 5) is 11.4. The van der Waals surface area contributed by atoms with Crippen molar-refractivity contribution < 1.29 is 14.3 Å². The van der Waals surface area contributed by atoms with E-state index in [0.29, 0.717) is 34.6 Å². The number of fused-ring (bicyclic) bond motifs is 1. The second kappa shape index (κ2) is 7.64. The number of ether oxygens (including phenoxy) is 2. The maximum absolute atomic E-state index is 11.4. The predicted octanol–water partition coefficient (Wildman–Crippen LogP) is 4.21. The molecule has 2 N–H and O–H groups in total. The first kappa shape index (κ1) is 16.7. The Kier molecular flexibility index (Phi) is 5.33. The van der Waals surface area contributed by atoms with E-state index in [1.807, 2.05) is 12.1 Å². The minimum Gasteiger partial charge on any atom is -0.494 e. The van der Waals surface area contributed by atoms with Crippen LogP contribution in [0.5, 0.6) is 11.5 Å². The number of carbonyl (C=O) groups is 1. The maximum atomic E-state index is 11.4. The molecule has 0 aromatic heterocycles. The molecule has 1 aliphatic rings. The molecule has 2 aromatic carbocycles. The molecular formula is C17H16Cl2N2O3. The summed E-state index contributed by atoms with van der Waals surface area (Å²) in [6.45, 7) is 1.25. The van der Waals surface area contributed by atoms with E-state index in [2.05, 4.69) is 10.6 Å². The van der Waals surface area contributed by atoms with Gasteiger partial charge >= 0.3 is 0 Å². The van der Waals surface area contributed by atoms with Crippen molar-refractivity contribution in [3.05, 3.63) is 46.4 Å². The summed E-state index contributed by atoms with van der Waals surface area (Å²) in [5.41, 5.74) is 1.34. The van der Waals surface area contributed by atoms with E-state index in [0.717, 1.165) is 17.9 Å². The summed E-state index contributed by atoms with van der Waals surface area (Å²) >= 11 is 11.9. The second-order valence-corrected chi connectivity index (χ2v) is 6.12. The summed E-state index contributed by atoms with van der Waals surface area (Å²) in [6.07, 6.45) is 0.788. The fraction of sp³-hybridized carbons (Fsp3) is 0.235. The fourth-order valence-electron chi connectivity index (χ4n) is 2.31. The minimum absolute atomic E-state index is 0.00297. The highest BCUT2D eigenvalue weighted by Crippen LogP contribution is 2.38. The number of benzene rings is 2. The molecule has 1 aliphatic heterocycles. The van der Waals surface area contributed by atoms with Crippen LogP contribution in [0.25, 0.3) is 0 Å². The maximum Gasteiger partial charge on any atom is 0.262 e. The zero-order valence-corrected chi connectivity index (χ0v) is 14.3. The molecule has 5 nitrogen and oxygen atoms in total. The first-order valence-corrected chi connectivity index (χ1v) is 8.26. The van der Waals surface area contributed by atoms with Crippen LogP contribution in [0.1, 0.15) is 6.42 Å². The topological polar surface area (TPSA) is 59.6 Å². The van der Waals surface area contributed by atoms with E-state index in [1.165, 1.54) is 0 Å². The van der Waals surface area contributed by atoms with Gasteiger partial charge in [0.2, 0.25) is 0 Å². The van der Waals surface area contributed by atoms with Crippen LogP contribution in [0, 0.1) is 0 Å². The third kappa shape index (κ3) is 4.24. The SMILES string of the molecule is O=C1COc2c(NCCCOc3ccc(Cl)cc3)cc(Cl)cc2N1. The Morgan fingerprint density at radius 3 is 2.75 bits per heavy atom. The van der Waals surface area contributed by atoms with Crippen LogP contribution in [0.15, 0.2) is 36.4 Å². The van der Waals surface area contributed by atoms with Gasteiger partial charge in [-0.05, 0) is 42.8 Å². The molecule has 24 heavy (non-hydrogen) atoms. The highest BCUT2D eigenvalue weighted by molar-refractivity contribution is 6.31. The molecule has 3 rings (SSSR count). The quantitative estimate of drug-likeness (QED) is 0.751. The Bertz CT molecular complexity index is 735. The Labute approximate surface area is 149 Å². The molecule has 0 atom stereocenters. The Morgan fingerprint density at radius 2 is 1.96 bits per heavy atom. The third-order valence-corrected chi connectivity index (χ3v) is 3.86. The molecule has 1 amide bonds. The van der Waals surface area contributed by atoms with Gasteiger partial charge < -0.3 is 20.1 Å². The van der Waals surface area contributed by atoms with Crippen LogP contribution in [-0.2, 0) is 4.79 Å². The van der Waals surface area contributed by atoms with E-state index in [4.69, 9.17) is 32.7 Å². The van der Waals surface area contributed by atoms with Crippen molar-refractivity contribution in [2.24, 2.45) is 0 Å². The lowest BCUT2D eigenvalue weighted by Gasteiger charge is -2.21. The van der Waals surface area contributed by atoms with Crippen LogP contribution in [0.4, 0.5) is 11.4 Å². The van der Waals surface area contributed by atoms with Gasteiger partial charge in [-0.1, -0.05) is 23.2 Å². The number of hydrogen-bond acceptors (Lipinski definition) is 4. The van der Waals surface area contributed by atoms with Gasteiger partial charge in [0, 0.05) is 16.6 Å². The lowest BCUT2D eigenvalue weighted by Crippen LogP contribution is -2.26. The molecular weight excluding hydrogens is 351 g/mol. The van der Waals surface area contributed by atoms with Crippen molar-refractivity contribution >= 4 is 40.5 Å². The van der Waals surface area contributed by atoms with Crippen molar-refractivity contribution in [3.63, 3.8) is 0 Å². The molecule has 0 aliphatic carbocycles. The zero-order valence-electron chi connectivity index (χ0n) is 12.8. The van der Waals surface area contributed by atoms with Gasteiger partial charge in [0.05, 0.1) is 18.0 Å². The first-order chi connectivity index (χ1) is 11.6. The van der Waals surface area contributed by atoms with Crippen molar-refractivity contribution in [2.45, 2.75) is 6.42 Å². The predicted molar refractivity (Wildman–Crippen MR) is 95.6 cm³/mol. The minimum atomic E-state index is -0.188. The first-order valence-electron chi connectivity index (χ1n) is 7.50. The number of rotatable bonds is 6. The molecule has 7 heteroatoms. The Hall–Kier alpha value is -2.11. The number of nitrogens with one attached hydrogen (secondary N) is 2. The molecule has 0 radical (unpaired) electrons. The van der Waals surface area contributed by atoms with Gasteiger partial charge in [-0.3, -0.25) is 4.79 Å². The van der Waals surface area contributed by atoms with Crippen LogP contribution in [-0.4, -0.2) is 25.7 Å². The fourth-order valence-corrected chi connectivity index (χ4v) is 2.66. The number of halogens is 2. The van der Waals surface area contributed by atoms with Gasteiger partial charge in [-0.15, -0.1) is 0 Å². The van der Waals surface area contributed by atoms with Crippen molar-refractivity contribution in [1.82, 2.24) is 0 Å². The molecule has 0 saturated heterocycles. The molecule has 0 fully saturated rings. The Balaban J connectivity index is 1.52. The van der Waals surface area contributed by atoms with Crippen LogP contribution >= 0.6 is 23.2 Å². The van der Waals surface area contributed by atoms with Crippen molar-refractivity contribution in [1.29, 1.82) is 0 Å². The normalized spacial score (nSPS) is 12.8. The van der Waals surface area contributed by atoms with Crippen molar-refractivity contribution in [3.8, 4) is 11.5 Å². The average molecular weight is 367 g/mol. The van der Waals surface area contributed by atoms with E-state index in [9.17, 15) is 4.79 Å². The van der Waals surface area contributed by atoms with Gasteiger partial charge in [-0.2, -0.15) is 0 Å². The lowest BCUT2D eigenvalue weighted by molar-refractivity contribution is -0.118. The largest absolute Gasteiger partial charge is 0.494 e.